The summed E-state index contributed by atoms with van der Waals surface area (Å²) in [6.45, 7) is 3.39. The average Bonchev–Trinajstić information content (AvgIpc) is 3.58. The fraction of sp³-hybridized carbons (Fsp3) is 0.290. The van der Waals surface area contributed by atoms with Crippen molar-refractivity contribution in [3.63, 3.8) is 0 Å². The van der Waals surface area contributed by atoms with Crippen LogP contribution in [-0.4, -0.2) is 62.1 Å². The number of aromatic nitrogens is 4. The van der Waals surface area contributed by atoms with Crippen LogP contribution in [0.5, 0.6) is 0 Å². The lowest BCUT2D eigenvalue weighted by Gasteiger charge is -2.35. The lowest BCUT2D eigenvalue weighted by molar-refractivity contribution is 0.140. The molecule has 3 aromatic carbocycles. The minimum Gasteiger partial charge on any atom is -0.327 e. The third kappa shape index (κ3) is 4.82. The summed E-state index contributed by atoms with van der Waals surface area (Å²) in [7, 11) is 6.49. The van der Waals surface area contributed by atoms with Gasteiger partial charge in [-0.3, -0.25) is 4.90 Å². The highest BCUT2D eigenvalue weighted by molar-refractivity contribution is 5.85. The van der Waals surface area contributed by atoms with Crippen LogP contribution in [0.1, 0.15) is 18.4 Å². The van der Waals surface area contributed by atoms with Crippen LogP contribution in [0.15, 0.2) is 85.5 Å². The Hall–Kier alpha value is -3.74. The number of likely N-dealkylation sites (tertiary alicyclic amines) is 1. The molecular formula is C31H34N6. The molecule has 0 saturated carbocycles. The van der Waals surface area contributed by atoms with Crippen LogP contribution in [0.4, 0.5) is 0 Å². The van der Waals surface area contributed by atoms with Crippen molar-refractivity contribution in [2.45, 2.75) is 25.4 Å². The maximum absolute atomic E-state index is 4.94. The predicted octanol–water partition coefficient (Wildman–Crippen LogP) is 5.62. The van der Waals surface area contributed by atoms with Gasteiger partial charge in [0, 0.05) is 43.3 Å². The van der Waals surface area contributed by atoms with Crippen LogP contribution in [0.25, 0.3) is 39.2 Å². The normalized spacial score (nSPS) is 15.1. The van der Waals surface area contributed by atoms with Gasteiger partial charge < -0.3 is 14.0 Å². The Balaban J connectivity index is 1.19. The third-order valence-corrected chi connectivity index (χ3v) is 7.79. The van der Waals surface area contributed by atoms with E-state index in [4.69, 9.17) is 4.98 Å². The second-order valence-electron chi connectivity index (χ2n) is 10.4. The summed E-state index contributed by atoms with van der Waals surface area (Å²) in [4.78, 5) is 14.0. The van der Waals surface area contributed by atoms with E-state index < -0.39 is 0 Å². The van der Waals surface area contributed by atoms with E-state index in [-0.39, 0.29) is 0 Å². The molecule has 0 aliphatic carbocycles. The highest BCUT2D eigenvalue weighted by atomic mass is 15.2. The largest absolute Gasteiger partial charge is 0.327 e. The number of fused-ring (bicyclic) bond motifs is 1. The van der Waals surface area contributed by atoms with Gasteiger partial charge in [-0.1, -0.05) is 30.3 Å². The number of hydrogen-bond donors (Lipinski definition) is 0. The lowest BCUT2D eigenvalue weighted by atomic mass is 10.0. The first-order valence-corrected chi connectivity index (χ1v) is 13.1. The molecule has 0 unspecified atom stereocenters. The van der Waals surface area contributed by atoms with E-state index in [0.29, 0.717) is 0 Å². The van der Waals surface area contributed by atoms with Crippen molar-refractivity contribution >= 4 is 11.0 Å². The number of nitrogens with zero attached hydrogens (tertiary/aromatic N) is 6. The number of piperidine rings is 1. The molecule has 1 fully saturated rings. The van der Waals surface area contributed by atoms with Gasteiger partial charge in [-0.25, -0.2) is 9.97 Å². The van der Waals surface area contributed by atoms with E-state index in [1.54, 1.807) is 6.20 Å². The highest BCUT2D eigenvalue weighted by Crippen LogP contribution is 2.29. The summed E-state index contributed by atoms with van der Waals surface area (Å²) >= 11 is 0. The quantitative estimate of drug-likeness (QED) is 0.310. The van der Waals surface area contributed by atoms with Gasteiger partial charge in [-0.2, -0.15) is 0 Å². The molecular weight excluding hydrogens is 456 g/mol. The summed E-state index contributed by atoms with van der Waals surface area (Å²) in [5.74, 6) is 0.970. The summed E-state index contributed by atoms with van der Waals surface area (Å²) < 4.78 is 4.19. The van der Waals surface area contributed by atoms with Gasteiger partial charge in [-0.15, -0.1) is 0 Å². The van der Waals surface area contributed by atoms with Crippen molar-refractivity contribution in [1.29, 1.82) is 0 Å². The molecule has 1 aliphatic rings. The van der Waals surface area contributed by atoms with E-state index in [1.165, 1.54) is 42.6 Å². The molecule has 6 nitrogen and oxygen atoms in total. The SMILES string of the molecule is CN(C)C1CCN(Cc2ccc(-c3ccc4nc(-c5ccc(-n6ccnc6)cc5)n(C)c4c3)cc2)CC1. The molecule has 2 aromatic heterocycles. The molecule has 0 bridgehead atoms. The van der Waals surface area contributed by atoms with Crippen LogP contribution in [0, 0.1) is 0 Å². The van der Waals surface area contributed by atoms with E-state index in [0.717, 1.165) is 40.7 Å². The van der Waals surface area contributed by atoms with Gasteiger partial charge in [-0.05, 0) is 93.1 Å². The van der Waals surface area contributed by atoms with Crippen molar-refractivity contribution in [1.82, 2.24) is 28.9 Å². The Morgan fingerprint density at radius 1 is 0.865 bits per heavy atom. The second kappa shape index (κ2) is 9.96. The van der Waals surface area contributed by atoms with Gasteiger partial charge >= 0.3 is 0 Å². The molecule has 1 saturated heterocycles. The predicted molar refractivity (Wildman–Crippen MR) is 151 cm³/mol. The lowest BCUT2D eigenvalue weighted by Crippen LogP contribution is -2.41. The van der Waals surface area contributed by atoms with Crippen molar-refractivity contribution < 1.29 is 0 Å². The van der Waals surface area contributed by atoms with Crippen molar-refractivity contribution in [3.05, 3.63) is 91.0 Å². The zero-order chi connectivity index (χ0) is 25.4. The summed E-state index contributed by atoms with van der Waals surface area (Å²) in [6, 6.07) is 24.8. The van der Waals surface area contributed by atoms with Crippen molar-refractivity contribution in [2.75, 3.05) is 27.2 Å². The monoisotopic (exact) mass is 490 g/mol. The Morgan fingerprint density at radius 2 is 1.57 bits per heavy atom. The van der Waals surface area contributed by atoms with Crippen LogP contribution in [0.3, 0.4) is 0 Å². The summed E-state index contributed by atoms with van der Waals surface area (Å²) in [5.41, 5.74) is 8.18. The molecule has 0 radical (unpaired) electrons. The molecule has 3 heterocycles. The minimum absolute atomic E-state index is 0.725. The smallest absolute Gasteiger partial charge is 0.140 e. The Labute approximate surface area is 218 Å². The summed E-state index contributed by atoms with van der Waals surface area (Å²) in [5, 5.41) is 0. The van der Waals surface area contributed by atoms with E-state index in [2.05, 4.69) is 107 Å². The molecule has 0 spiro atoms. The van der Waals surface area contributed by atoms with Crippen molar-refractivity contribution in [2.24, 2.45) is 7.05 Å². The molecule has 37 heavy (non-hydrogen) atoms. The maximum atomic E-state index is 4.94. The van der Waals surface area contributed by atoms with E-state index in [9.17, 15) is 0 Å². The molecule has 0 atom stereocenters. The number of rotatable bonds is 6. The molecule has 0 amide bonds. The van der Waals surface area contributed by atoms with Crippen molar-refractivity contribution in [3.8, 4) is 28.2 Å². The number of aryl methyl sites for hydroxylation is 1. The number of hydrogen-bond acceptors (Lipinski definition) is 4. The highest BCUT2D eigenvalue weighted by Gasteiger charge is 2.20. The van der Waals surface area contributed by atoms with Gasteiger partial charge in [0.05, 0.1) is 17.4 Å². The molecule has 0 N–H and O–H groups in total. The van der Waals surface area contributed by atoms with Crippen LogP contribution >= 0.6 is 0 Å². The first-order valence-electron chi connectivity index (χ1n) is 13.1. The summed E-state index contributed by atoms with van der Waals surface area (Å²) in [6.07, 6.45) is 8.07. The zero-order valence-corrected chi connectivity index (χ0v) is 21.9. The van der Waals surface area contributed by atoms with Crippen LogP contribution in [0.2, 0.25) is 0 Å². The fourth-order valence-corrected chi connectivity index (χ4v) is 5.48. The first-order chi connectivity index (χ1) is 18.0. The topological polar surface area (TPSA) is 42.1 Å². The molecule has 6 heteroatoms. The van der Waals surface area contributed by atoms with Gasteiger partial charge in [0.15, 0.2) is 0 Å². The standard InChI is InChI=1S/C31H34N6/c1-34(2)27-14-17-36(18-15-27)21-23-4-6-24(7-5-23)26-10-13-29-30(20-26)35(3)31(33-29)25-8-11-28(12-9-25)37-19-16-32-22-37/h4-13,16,19-20,22,27H,14-15,17-18,21H2,1-3H3. The zero-order valence-electron chi connectivity index (χ0n) is 21.9. The van der Waals surface area contributed by atoms with Gasteiger partial charge in [0.25, 0.3) is 0 Å². The Bertz CT molecular complexity index is 1470. The Morgan fingerprint density at radius 3 is 2.24 bits per heavy atom. The molecule has 5 aromatic rings. The van der Waals surface area contributed by atoms with Gasteiger partial charge in [0.2, 0.25) is 0 Å². The molecule has 188 valence electrons. The average molecular weight is 491 g/mol. The van der Waals surface area contributed by atoms with Crippen LogP contribution < -0.4 is 0 Å². The van der Waals surface area contributed by atoms with Crippen LogP contribution in [-0.2, 0) is 13.6 Å². The van der Waals surface area contributed by atoms with E-state index >= 15 is 0 Å². The fourth-order valence-electron chi connectivity index (χ4n) is 5.48. The Kier molecular flexibility index (Phi) is 6.37. The molecule has 1 aliphatic heterocycles. The minimum atomic E-state index is 0.725. The third-order valence-electron chi connectivity index (χ3n) is 7.79. The first kappa shape index (κ1) is 23.6. The van der Waals surface area contributed by atoms with E-state index in [1.807, 2.05) is 17.1 Å². The van der Waals surface area contributed by atoms with Gasteiger partial charge in [0.1, 0.15) is 5.82 Å². The maximum Gasteiger partial charge on any atom is 0.140 e. The second-order valence-corrected chi connectivity index (χ2v) is 10.4. The number of benzene rings is 3. The molecule has 6 rings (SSSR count). The number of imidazole rings is 2.